The number of nitrogens with zero attached hydrogens (tertiary/aromatic N) is 2. The summed E-state index contributed by atoms with van der Waals surface area (Å²) in [6, 6.07) is -13.0. The van der Waals surface area contributed by atoms with E-state index in [4.69, 9.17) is 17.2 Å². The lowest BCUT2D eigenvalue weighted by molar-refractivity contribution is -0.144. The number of hydrogen-bond donors (Lipinski definition) is 20. The van der Waals surface area contributed by atoms with Gasteiger partial charge >= 0.3 is 17.9 Å². The molecule has 3 fully saturated rings. The summed E-state index contributed by atoms with van der Waals surface area (Å²) in [5, 5.41) is 78.2. The number of carbonyl (C=O) groups is 20. The van der Waals surface area contributed by atoms with Crippen LogP contribution in [0.5, 0.6) is 0 Å². The summed E-state index contributed by atoms with van der Waals surface area (Å²) in [5.74, 6) is -23.0. The smallest absolute Gasteiger partial charge is 0.327 e. The highest BCUT2D eigenvalue weighted by Crippen LogP contribution is 2.23. The fourth-order valence-electron chi connectivity index (χ4n) is 11.8. The molecular formula is C66H93N17O25S2. The van der Waals surface area contributed by atoms with Gasteiger partial charge in [-0.2, -0.15) is 23.5 Å². The van der Waals surface area contributed by atoms with Crippen LogP contribution in [0, 0.1) is 0 Å². The highest BCUT2D eigenvalue weighted by molar-refractivity contribution is 7.99. The number of carboxylic acids is 3. The highest BCUT2D eigenvalue weighted by atomic mass is 32.2. The molecule has 5 rings (SSSR count). The minimum atomic E-state index is -2.06. The van der Waals surface area contributed by atoms with Gasteiger partial charge in [-0.15, -0.1) is 0 Å². The van der Waals surface area contributed by atoms with E-state index in [1.54, 1.807) is 42.5 Å². The molecule has 1 aromatic rings. The molecule has 4 aliphatic rings. The van der Waals surface area contributed by atoms with Gasteiger partial charge in [0, 0.05) is 74.6 Å². The quantitative estimate of drug-likeness (QED) is 0.0318. The third-order valence-electron chi connectivity index (χ3n) is 17.6. The molecule has 0 saturated carbocycles. The Kier molecular flexibility index (Phi) is 36.7. The van der Waals surface area contributed by atoms with Gasteiger partial charge in [0.2, 0.25) is 100 Å². The maximum absolute atomic E-state index is 14.5. The lowest BCUT2D eigenvalue weighted by Crippen LogP contribution is -2.61. The van der Waals surface area contributed by atoms with Crippen molar-refractivity contribution in [1.29, 1.82) is 0 Å². The van der Waals surface area contributed by atoms with Crippen LogP contribution in [0.15, 0.2) is 42.5 Å². The number of fused-ring (bicyclic) bond motifs is 1. The number of nitrogens with two attached hydrogens (primary N) is 3. The second-order valence-corrected chi connectivity index (χ2v) is 28.1. The second kappa shape index (κ2) is 45.1. The number of hydrogen-bond acceptors (Lipinski definition) is 24. The number of rotatable bonds is 30. The van der Waals surface area contributed by atoms with Crippen molar-refractivity contribution in [2.75, 3.05) is 55.9 Å². The van der Waals surface area contributed by atoms with Crippen LogP contribution in [0.2, 0.25) is 0 Å². The molecule has 1 aromatic carbocycles. The first-order chi connectivity index (χ1) is 52.2. The number of thioether (sulfide) groups is 2. The van der Waals surface area contributed by atoms with Crippen molar-refractivity contribution in [3.05, 3.63) is 48.0 Å². The number of carbonyl (C=O) groups excluding carboxylic acids is 17. The average Bonchev–Trinajstić information content (AvgIpc) is 1.61. The van der Waals surface area contributed by atoms with E-state index in [1.165, 1.54) is 0 Å². The van der Waals surface area contributed by atoms with Gasteiger partial charge in [0.15, 0.2) is 0 Å². The summed E-state index contributed by atoms with van der Waals surface area (Å²) < 4.78 is 0. The molecule has 0 spiro atoms. The molecule has 3 saturated heterocycles. The zero-order chi connectivity index (χ0) is 81.3. The van der Waals surface area contributed by atoms with Crippen LogP contribution in [0.4, 0.5) is 0 Å². The van der Waals surface area contributed by atoms with E-state index in [9.17, 15) is 121 Å². The standard InChI is InChI=1S/C66H93N17O25S2/c67-47(86)17-12-34-54(95)70-28-51(90)72-36(15-20-52(91)92)56(97)78-41(29-84)60(101)75-38(13-18-48(68)87)64(105)82-22-6-11-46(82)63(104)81-44(66(107)108)32-110-25-5-4-24-109-31-43(61(102)73-34)80-59(100)40(27-49(69)88)77-57(98)37(16-21-53(93)94)74-62(103)45-10-7-23-83(45)65(106)42(30-85)79-58(99)39(26-33-8-2-1-3-9-33)76-55(96)35-14-19-50(89)71-35/h1-5,8-9,34-46,84-85H,6-7,10-32H2,(H2,67,86)(H2,68,87)(H2,69,88)(H,70,95)(H,71,89)(H,72,90)(H,73,102)(H,74,103)(H,75,101)(H,76,96)(H,77,98)(H,78,97)(H,79,99)(H,80,100)(H,81,104)(H,91,92)(H,93,94)(H,107,108)/b5-4+/t34-,35-,36-,37-,38-,39-,40-,41-,42-,43-,44-,45-,46-/m0/s1. The molecule has 0 unspecified atom stereocenters. The van der Waals surface area contributed by atoms with E-state index < -0.39 is 274 Å². The first kappa shape index (κ1) is 89.6. The fraction of sp³-hybridized carbons (Fsp3) is 0.576. The van der Waals surface area contributed by atoms with Crippen molar-refractivity contribution >= 4 is 142 Å². The van der Waals surface area contributed by atoms with Gasteiger partial charge in [-0.25, -0.2) is 4.79 Å². The van der Waals surface area contributed by atoms with Crippen LogP contribution in [0.1, 0.15) is 102 Å². The molecule has 4 aliphatic heterocycles. The zero-order valence-corrected chi connectivity index (χ0v) is 61.2. The molecule has 44 heteroatoms. The van der Waals surface area contributed by atoms with Crippen molar-refractivity contribution in [1.82, 2.24) is 73.6 Å². The number of primary amides is 3. The van der Waals surface area contributed by atoms with Crippen LogP contribution in [0.25, 0.3) is 0 Å². The van der Waals surface area contributed by atoms with Crippen LogP contribution in [-0.4, -0.2) is 288 Å². The SMILES string of the molecule is NC(=O)CC[C@@H]1NC(=O)[C@@H](NC(=O)[C@H](CC(N)=O)NC(=O)[C@H](CCC(=O)O)NC(=O)[C@@H]2CCCN2C(=O)[C@H](CO)NC(=O)[C@H](Cc2ccccc2)NC(=O)[C@@H]2CCC(=O)N2)CSC/C=C/CSC[C@@H](C(=O)O)NC(=O)[C@@H]2CCCN2C(=O)[C@H](CCC(N)=O)NC(=O)[C@H](CO)NC(=O)[C@H](CCC(=O)O)NC(=O)CNC1=O. The monoisotopic (exact) mass is 1590 g/mol. The van der Waals surface area contributed by atoms with Gasteiger partial charge in [-0.1, -0.05) is 42.5 Å². The lowest BCUT2D eigenvalue weighted by atomic mass is 10.0. The van der Waals surface area contributed by atoms with Gasteiger partial charge in [0.25, 0.3) is 0 Å². The van der Waals surface area contributed by atoms with Crippen molar-refractivity contribution in [3.63, 3.8) is 0 Å². The van der Waals surface area contributed by atoms with E-state index in [2.05, 4.69) is 63.8 Å². The molecule has 0 aliphatic carbocycles. The molecule has 23 N–H and O–H groups in total. The summed E-state index contributed by atoms with van der Waals surface area (Å²) in [6.07, 6.45) is -2.79. The first-order valence-electron chi connectivity index (χ1n) is 35.0. The van der Waals surface area contributed by atoms with Gasteiger partial charge in [-0.3, -0.25) is 91.1 Å². The van der Waals surface area contributed by atoms with Crippen LogP contribution < -0.4 is 81.0 Å². The molecule has 42 nitrogen and oxygen atoms in total. The normalized spacial score (nSPS) is 23.6. The Labute approximate surface area is 636 Å². The Hall–Kier alpha value is -11.0. The van der Waals surface area contributed by atoms with Gasteiger partial charge in [0.05, 0.1) is 26.2 Å². The molecule has 0 radical (unpaired) electrons. The second-order valence-electron chi connectivity index (χ2n) is 25.9. The topological polar surface area (TPSA) is 671 Å². The van der Waals surface area contributed by atoms with E-state index in [1.807, 2.05) is 0 Å². The average molecular weight is 1590 g/mol. The van der Waals surface area contributed by atoms with Gasteiger partial charge in [-0.05, 0) is 63.4 Å². The lowest BCUT2D eigenvalue weighted by Gasteiger charge is -2.30. The third kappa shape index (κ3) is 29.5. The molecule has 0 aromatic heterocycles. The van der Waals surface area contributed by atoms with E-state index in [-0.39, 0.29) is 81.2 Å². The fourth-order valence-corrected chi connectivity index (χ4v) is 13.6. The number of aliphatic hydroxyl groups is 2. The molecule has 4 heterocycles. The minimum Gasteiger partial charge on any atom is -0.481 e. The van der Waals surface area contributed by atoms with Crippen molar-refractivity contribution in [2.24, 2.45) is 17.2 Å². The highest BCUT2D eigenvalue weighted by Gasteiger charge is 2.43. The largest absolute Gasteiger partial charge is 0.481 e. The molecule has 0 bridgehead atoms. The van der Waals surface area contributed by atoms with E-state index in [0.717, 1.165) is 33.3 Å². The molecule has 17 amide bonds. The third-order valence-corrected chi connectivity index (χ3v) is 19.6. The maximum atomic E-state index is 14.5. The molecule has 110 heavy (non-hydrogen) atoms. The minimum absolute atomic E-state index is 0.00242. The summed E-state index contributed by atoms with van der Waals surface area (Å²) in [6.45, 7) is -3.53. The van der Waals surface area contributed by atoms with Gasteiger partial charge in [0.1, 0.15) is 78.5 Å². The van der Waals surface area contributed by atoms with E-state index in [0.29, 0.717) is 5.56 Å². The number of benzene rings is 1. The number of carboxylic acid groups (broad SMARTS) is 3. The maximum Gasteiger partial charge on any atom is 0.327 e. The number of amides is 17. The Morgan fingerprint density at radius 2 is 1.12 bits per heavy atom. The summed E-state index contributed by atoms with van der Waals surface area (Å²) >= 11 is 1.95. The van der Waals surface area contributed by atoms with Crippen molar-refractivity contribution in [3.8, 4) is 0 Å². The number of aliphatic hydroxyl groups excluding tert-OH is 2. The van der Waals surface area contributed by atoms with Crippen LogP contribution in [-0.2, 0) is 102 Å². The van der Waals surface area contributed by atoms with Crippen molar-refractivity contribution in [2.45, 2.75) is 181 Å². The Balaban J connectivity index is 1.40. The summed E-state index contributed by atoms with van der Waals surface area (Å²) in [5.41, 5.74) is 16.9. The van der Waals surface area contributed by atoms with Crippen molar-refractivity contribution < 1.29 is 121 Å². The predicted molar refractivity (Wildman–Crippen MR) is 383 cm³/mol. The Bertz CT molecular complexity index is 3610. The zero-order valence-electron chi connectivity index (χ0n) is 59.6. The number of nitrogens with one attached hydrogen (secondary N) is 12. The number of likely N-dealkylation sites (tertiary alicyclic amines) is 1. The molecule has 13 atom stereocenters. The summed E-state index contributed by atoms with van der Waals surface area (Å²) in [7, 11) is 0. The molecule has 604 valence electrons. The van der Waals surface area contributed by atoms with E-state index >= 15 is 0 Å². The van der Waals surface area contributed by atoms with Crippen LogP contribution >= 0.6 is 23.5 Å². The Morgan fingerprint density at radius 3 is 1.73 bits per heavy atom. The molecular weight excluding hydrogens is 1490 g/mol. The predicted octanol–water partition coefficient (Wildman–Crippen LogP) is -9.30. The summed E-state index contributed by atoms with van der Waals surface area (Å²) in [4.78, 5) is 269. The first-order valence-corrected chi connectivity index (χ1v) is 37.3. The Morgan fingerprint density at radius 1 is 0.536 bits per heavy atom. The number of aliphatic carboxylic acids is 3. The van der Waals surface area contributed by atoms with Gasteiger partial charge < -0.3 is 116 Å². The van der Waals surface area contributed by atoms with Crippen LogP contribution in [0.3, 0.4) is 0 Å².